The Morgan fingerprint density at radius 3 is 1.78 bits per heavy atom. The Labute approximate surface area is 293 Å². The van der Waals surface area contributed by atoms with Gasteiger partial charge in [0, 0.05) is 38.4 Å². The van der Waals surface area contributed by atoms with Gasteiger partial charge in [-0.3, -0.25) is 0 Å². The number of rotatable bonds is 5. The lowest BCUT2D eigenvalue weighted by atomic mass is 9.96. The van der Waals surface area contributed by atoms with E-state index in [1.807, 2.05) is 78.9 Å². The highest BCUT2D eigenvalue weighted by Crippen LogP contribution is 2.43. The second kappa shape index (κ2) is 11.9. The molecule has 0 atom stereocenters. The van der Waals surface area contributed by atoms with Crippen LogP contribution in [0.5, 0.6) is 0 Å². The van der Waals surface area contributed by atoms with Gasteiger partial charge in [0.1, 0.15) is 5.58 Å². The largest absolute Gasteiger partial charge is 0.438 e. The van der Waals surface area contributed by atoms with Gasteiger partial charge in [0.15, 0.2) is 5.82 Å². The van der Waals surface area contributed by atoms with Crippen molar-refractivity contribution in [2.24, 2.45) is 0 Å². The van der Waals surface area contributed by atoms with Crippen LogP contribution in [0.1, 0.15) is 0 Å². The summed E-state index contributed by atoms with van der Waals surface area (Å²) in [6, 6.07) is 57.9. The quantitative estimate of drug-likeness (QED) is 0.173. The highest BCUT2D eigenvalue weighted by Gasteiger charge is 2.23. The third kappa shape index (κ3) is 4.94. The first-order valence-corrected chi connectivity index (χ1v) is 17.0. The van der Waals surface area contributed by atoms with Crippen LogP contribution in [0, 0.1) is 0 Å². The highest BCUT2D eigenvalue weighted by molar-refractivity contribution is 6.19. The smallest absolute Gasteiger partial charge is 0.231 e. The maximum absolute atomic E-state index is 6.54. The summed E-state index contributed by atoms with van der Waals surface area (Å²) < 4.78 is 6.54. The Bertz CT molecular complexity index is 2890. The van der Waals surface area contributed by atoms with Gasteiger partial charge in [-0.25, -0.2) is 15.0 Å². The molecule has 0 radical (unpaired) electrons. The van der Waals surface area contributed by atoms with Gasteiger partial charge >= 0.3 is 0 Å². The number of benzene rings is 6. The average molecular weight is 653 g/mol. The van der Waals surface area contributed by atoms with Gasteiger partial charge < -0.3 is 4.42 Å². The summed E-state index contributed by atoms with van der Waals surface area (Å²) in [6.45, 7) is 0. The van der Waals surface area contributed by atoms with Gasteiger partial charge in [0.25, 0.3) is 0 Å². The van der Waals surface area contributed by atoms with Crippen molar-refractivity contribution in [2.45, 2.75) is 0 Å². The molecule has 0 aliphatic carbocycles. The molecule has 0 amide bonds. The fourth-order valence-electron chi connectivity index (χ4n) is 7.08. The van der Waals surface area contributed by atoms with E-state index in [0.29, 0.717) is 11.5 Å². The summed E-state index contributed by atoms with van der Waals surface area (Å²) in [7, 11) is 0. The van der Waals surface area contributed by atoms with Crippen molar-refractivity contribution >= 4 is 43.9 Å². The molecule has 6 aromatic carbocycles. The summed E-state index contributed by atoms with van der Waals surface area (Å²) in [6.07, 6.45) is 0. The number of nitrogens with zero attached hydrogens (tertiary/aromatic N) is 4. The summed E-state index contributed by atoms with van der Waals surface area (Å²) in [5.74, 6) is 0.591. The van der Waals surface area contributed by atoms with E-state index in [-0.39, 0.29) is 0 Å². The fourth-order valence-corrected chi connectivity index (χ4v) is 7.08. The molecule has 0 saturated heterocycles. The zero-order valence-corrected chi connectivity index (χ0v) is 27.4. The third-order valence-corrected chi connectivity index (χ3v) is 9.50. The Balaban J connectivity index is 1.33. The van der Waals surface area contributed by atoms with Crippen LogP contribution in [-0.2, 0) is 0 Å². The average Bonchev–Trinajstić information content (AvgIpc) is 3.59. The summed E-state index contributed by atoms with van der Waals surface area (Å²) in [5.41, 5.74) is 11.7. The van der Waals surface area contributed by atoms with Gasteiger partial charge in [-0.2, -0.15) is 4.98 Å². The lowest BCUT2D eigenvalue weighted by molar-refractivity contribution is 0.653. The van der Waals surface area contributed by atoms with Crippen LogP contribution in [0.15, 0.2) is 174 Å². The van der Waals surface area contributed by atoms with Crippen molar-refractivity contribution < 1.29 is 4.42 Å². The van der Waals surface area contributed by atoms with Crippen LogP contribution < -0.4 is 0 Å². The van der Waals surface area contributed by atoms with Crippen molar-refractivity contribution in [1.29, 1.82) is 0 Å². The van der Waals surface area contributed by atoms with E-state index < -0.39 is 0 Å². The molecule has 238 valence electrons. The van der Waals surface area contributed by atoms with Crippen LogP contribution in [0.4, 0.5) is 0 Å². The zero-order valence-electron chi connectivity index (χ0n) is 27.4. The fraction of sp³-hybridized carbons (Fsp3) is 0. The minimum absolute atomic E-state index is 0.534. The van der Waals surface area contributed by atoms with Crippen molar-refractivity contribution in [3.63, 3.8) is 0 Å². The topological polar surface area (TPSA) is 64.7 Å². The Hall–Kier alpha value is -6.98. The molecule has 4 aromatic heterocycles. The molecule has 0 N–H and O–H groups in total. The maximum atomic E-state index is 6.54. The molecule has 0 unspecified atom stereocenters. The van der Waals surface area contributed by atoms with E-state index in [1.165, 1.54) is 0 Å². The van der Waals surface area contributed by atoms with Crippen molar-refractivity contribution in [2.75, 3.05) is 0 Å². The van der Waals surface area contributed by atoms with E-state index in [0.717, 1.165) is 88.6 Å². The molecule has 0 saturated carbocycles. The first-order valence-electron chi connectivity index (χ1n) is 17.0. The van der Waals surface area contributed by atoms with Crippen LogP contribution >= 0.6 is 0 Å². The normalized spacial score (nSPS) is 11.5. The van der Waals surface area contributed by atoms with E-state index in [4.69, 9.17) is 24.4 Å². The second-order valence-electron chi connectivity index (χ2n) is 12.6. The van der Waals surface area contributed by atoms with Gasteiger partial charge in [-0.1, -0.05) is 140 Å². The minimum atomic E-state index is 0.534. The predicted octanol–water partition coefficient (Wildman–Crippen LogP) is 11.8. The van der Waals surface area contributed by atoms with E-state index in [1.54, 1.807) is 0 Å². The van der Waals surface area contributed by atoms with Crippen molar-refractivity contribution in [3.05, 3.63) is 170 Å². The minimum Gasteiger partial charge on any atom is -0.438 e. The second-order valence-corrected chi connectivity index (χ2v) is 12.6. The molecule has 5 nitrogen and oxygen atoms in total. The Morgan fingerprint density at radius 2 is 1.06 bits per heavy atom. The standard InChI is InChI=1S/C46H28N4O/c1-5-14-29(15-6-1)33-24-27-39-36(28-33)41-43(49-45(50-46(41)51-39)32-20-11-4-12-21-32)34-22-13-23-38-40(34)44-35(42(48-38)31-18-9-3-10-19-31)25-26-37(47-44)30-16-7-2-8-17-30/h1-28H. The van der Waals surface area contributed by atoms with Gasteiger partial charge in [0.05, 0.1) is 33.5 Å². The molecule has 4 heterocycles. The molecule has 0 bridgehead atoms. The van der Waals surface area contributed by atoms with E-state index in [9.17, 15) is 0 Å². The predicted molar refractivity (Wildman–Crippen MR) is 207 cm³/mol. The number of hydrogen-bond acceptors (Lipinski definition) is 5. The molecule has 10 aromatic rings. The summed E-state index contributed by atoms with van der Waals surface area (Å²) in [5, 5.41) is 3.71. The Kier molecular flexibility index (Phi) is 6.74. The molecule has 0 aliphatic heterocycles. The monoisotopic (exact) mass is 652 g/mol. The first kappa shape index (κ1) is 29.0. The van der Waals surface area contributed by atoms with Crippen molar-refractivity contribution in [1.82, 2.24) is 19.9 Å². The number of hydrogen-bond donors (Lipinski definition) is 0. The molecule has 51 heavy (non-hydrogen) atoms. The molecule has 0 fully saturated rings. The zero-order chi connectivity index (χ0) is 33.7. The van der Waals surface area contributed by atoms with Crippen LogP contribution in [-0.4, -0.2) is 19.9 Å². The third-order valence-electron chi connectivity index (χ3n) is 9.50. The number of pyridine rings is 2. The van der Waals surface area contributed by atoms with Gasteiger partial charge in [-0.15, -0.1) is 0 Å². The molecule has 0 spiro atoms. The van der Waals surface area contributed by atoms with E-state index in [2.05, 4.69) is 91.0 Å². The van der Waals surface area contributed by atoms with Crippen molar-refractivity contribution in [3.8, 4) is 56.3 Å². The lowest BCUT2D eigenvalue weighted by Crippen LogP contribution is -1.98. The maximum Gasteiger partial charge on any atom is 0.231 e. The number of fused-ring (bicyclic) bond motifs is 6. The number of furan rings is 1. The van der Waals surface area contributed by atoms with Crippen LogP contribution in [0.25, 0.3) is 100 Å². The molecular weight excluding hydrogens is 625 g/mol. The van der Waals surface area contributed by atoms with Crippen LogP contribution in [0.3, 0.4) is 0 Å². The van der Waals surface area contributed by atoms with Crippen LogP contribution in [0.2, 0.25) is 0 Å². The summed E-state index contributed by atoms with van der Waals surface area (Å²) >= 11 is 0. The molecular formula is C46H28N4O. The van der Waals surface area contributed by atoms with Gasteiger partial charge in [-0.05, 0) is 41.5 Å². The lowest BCUT2D eigenvalue weighted by Gasteiger charge is -2.15. The van der Waals surface area contributed by atoms with Gasteiger partial charge in [0.2, 0.25) is 5.71 Å². The number of aromatic nitrogens is 4. The molecule has 0 aliphatic rings. The van der Waals surface area contributed by atoms with E-state index >= 15 is 0 Å². The molecule has 10 rings (SSSR count). The SMILES string of the molecule is c1ccc(-c2ccc3oc4nc(-c5ccccc5)nc(-c5cccc6nc(-c7ccccc7)c7ccc(-c8ccccc8)nc7c56)c4c3c2)cc1. The first-order chi connectivity index (χ1) is 25.3. The Morgan fingerprint density at radius 1 is 0.392 bits per heavy atom. The molecule has 5 heteroatoms. The summed E-state index contributed by atoms with van der Waals surface area (Å²) in [4.78, 5) is 21.1. The highest BCUT2D eigenvalue weighted by atomic mass is 16.3.